The standard InChI is InChI=1S/C21H21ClN4O3/c22-15-1-4-17(5-2-15)26(11-12-27)20(29)8-7-19(28)25-16-3-6-18-14(13-16)9-10-24-21(18)23/h1-6,9-10,13,27H,7-8,11-12H2,(H2,23,24)(H,25,28). The molecule has 0 fully saturated rings. The second kappa shape index (κ2) is 9.36. The number of hydrogen-bond donors (Lipinski definition) is 3. The number of amides is 2. The zero-order chi connectivity index (χ0) is 20.8. The molecule has 0 saturated carbocycles. The van der Waals surface area contributed by atoms with E-state index in [-0.39, 0.29) is 37.8 Å². The van der Waals surface area contributed by atoms with Crippen molar-refractivity contribution in [1.82, 2.24) is 4.98 Å². The van der Waals surface area contributed by atoms with E-state index >= 15 is 0 Å². The van der Waals surface area contributed by atoms with Gasteiger partial charge >= 0.3 is 0 Å². The molecule has 0 aliphatic heterocycles. The van der Waals surface area contributed by atoms with Crippen molar-refractivity contribution >= 4 is 51.4 Å². The van der Waals surface area contributed by atoms with Gasteiger partial charge in [-0.3, -0.25) is 9.59 Å². The van der Waals surface area contributed by atoms with Crippen molar-refractivity contribution in [2.24, 2.45) is 0 Å². The smallest absolute Gasteiger partial charge is 0.227 e. The van der Waals surface area contributed by atoms with E-state index in [4.69, 9.17) is 17.3 Å². The van der Waals surface area contributed by atoms with E-state index in [2.05, 4.69) is 10.3 Å². The molecule has 2 amide bonds. The van der Waals surface area contributed by atoms with Gasteiger partial charge in [-0.15, -0.1) is 0 Å². The number of aliphatic hydroxyl groups is 1. The van der Waals surface area contributed by atoms with Crippen LogP contribution in [0.15, 0.2) is 54.7 Å². The minimum atomic E-state index is -0.278. The highest BCUT2D eigenvalue weighted by atomic mass is 35.5. The lowest BCUT2D eigenvalue weighted by Crippen LogP contribution is -2.34. The zero-order valence-corrected chi connectivity index (χ0v) is 16.4. The lowest BCUT2D eigenvalue weighted by atomic mass is 10.1. The Balaban J connectivity index is 1.61. The summed E-state index contributed by atoms with van der Waals surface area (Å²) in [5.41, 5.74) is 7.07. The van der Waals surface area contributed by atoms with Crippen molar-refractivity contribution in [3.8, 4) is 0 Å². The summed E-state index contributed by atoms with van der Waals surface area (Å²) in [7, 11) is 0. The summed E-state index contributed by atoms with van der Waals surface area (Å²) in [5.74, 6) is -0.106. The van der Waals surface area contributed by atoms with Crippen LogP contribution in [0.2, 0.25) is 5.02 Å². The van der Waals surface area contributed by atoms with Gasteiger partial charge in [0.25, 0.3) is 0 Å². The number of aliphatic hydroxyl groups excluding tert-OH is 1. The number of carbonyl (C=O) groups excluding carboxylic acids is 2. The van der Waals surface area contributed by atoms with E-state index in [1.54, 1.807) is 48.7 Å². The highest BCUT2D eigenvalue weighted by molar-refractivity contribution is 6.30. The average molecular weight is 413 g/mol. The Morgan fingerprint density at radius 2 is 1.86 bits per heavy atom. The summed E-state index contributed by atoms with van der Waals surface area (Å²) in [6.45, 7) is -0.0438. The van der Waals surface area contributed by atoms with Gasteiger partial charge in [0.2, 0.25) is 11.8 Å². The van der Waals surface area contributed by atoms with Crippen molar-refractivity contribution in [2.45, 2.75) is 12.8 Å². The van der Waals surface area contributed by atoms with E-state index in [9.17, 15) is 14.7 Å². The molecule has 7 nitrogen and oxygen atoms in total. The number of nitrogens with zero attached hydrogens (tertiary/aromatic N) is 2. The van der Waals surface area contributed by atoms with Crippen molar-refractivity contribution < 1.29 is 14.7 Å². The topological polar surface area (TPSA) is 109 Å². The van der Waals surface area contributed by atoms with Crippen molar-refractivity contribution in [3.63, 3.8) is 0 Å². The van der Waals surface area contributed by atoms with Crippen LogP contribution in [0.4, 0.5) is 17.2 Å². The van der Waals surface area contributed by atoms with Gasteiger partial charge < -0.3 is 21.1 Å². The largest absolute Gasteiger partial charge is 0.395 e. The molecule has 2 aromatic carbocycles. The molecule has 0 bridgehead atoms. The van der Waals surface area contributed by atoms with Crippen LogP contribution in [0.3, 0.4) is 0 Å². The molecule has 29 heavy (non-hydrogen) atoms. The average Bonchev–Trinajstić information content (AvgIpc) is 2.71. The summed E-state index contributed by atoms with van der Waals surface area (Å²) in [4.78, 5) is 30.3. The van der Waals surface area contributed by atoms with Gasteiger partial charge in [0, 0.05) is 47.4 Å². The van der Waals surface area contributed by atoms with Gasteiger partial charge in [-0.05, 0) is 53.9 Å². The number of benzene rings is 2. The number of nitrogens with one attached hydrogen (secondary N) is 1. The van der Waals surface area contributed by atoms with E-state index in [0.717, 1.165) is 10.8 Å². The quantitative estimate of drug-likeness (QED) is 0.552. The summed E-state index contributed by atoms with van der Waals surface area (Å²) < 4.78 is 0. The number of nitrogen functional groups attached to an aromatic ring is 1. The van der Waals surface area contributed by atoms with Gasteiger partial charge in [-0.25, -0.2) is 4.98 Å². The summed E-state index contributed by atoms with van der Waals surface area (Å²) in [5, 5.41) is 14.3. The van der Waals surface area contributed by atoms with Crippen LogP contribution in [-0.2, 0) is 9.59 Å². The number of aromatic nitrogens is 1. The second-order valence-electron chi connectivity index (χ2n) is 6.43. The van der Waals surface area contributed by atoms with Gasteiger partial charge in [-0.1, -0.05) is 11.6 Å². The molecule has 4 N–H and O–H groups in total. The van der Waals surface area contributed by atoms with Gasteiger partial charge in [-0.2, -0.15) is 0 Å². The van der Waals surface area contributed by atoms with Crippen LogP contribution in [0.1, 0.15) is 12.8 Å². The Bertz CT molecular complexity index is 1020. The molecule has 0 spiro atoms. The highest BCUT2D eigenvalue weighted by Gasteiger charge is 2.17. The predicted octanol–water partition coefficient (Wildman–Crippen LogP) is 3.21. The maximum absolute atomic E-state index is 12.6. The number of nitrogens with two attached hydrogens (primary N) is 1. The second-order valence-corrected chi connectivity index (χ2v) is 6.86. The molecule has 0 atom stereocenters. The Kier molecular flexibility index (Phi) is 6.64. The molecule has 3 rings (SSSR count). The van der Waals surface area contributed by atoms with Gasteiger partial charge in [0.1, 0.15) is 5.82 Å². The summed E-state index contributed by atoms with van der Waals surface area (Å²) in [6.07, 6.45) is 1.64. The summed E-state index contributed by atoms with van der Waals surface area (Å²) >= 11 is 5.88. The highest BCUT2D eigenvalue weighted by Crippen LogP contribution is 2.23. The molecule has 0 unspecified atom stereocenters. The minimum absolute atomic E-state index is 0.0128. The van der Waals surface area contributed by atoms with Crippen LogP contribution in [0, 0.1) is 0 Å². The normalized spacial score (nSPS) is 10.7. The molecule has 150 valence electrons. The third-order valence-electron chi connectivity index (χ3n) is 4.41. The molecule has 8 heteroatoms. The van der Waals surface area contributed by atoms with E-state index in [1.165, 1.54) is 4.90 Å². The summed E-state index contributed by atoms with van der Waals surface area (Å²) in [6, 6.07) is 13.9. The first-order chi connectivity index (χ1) is 14.0. The predicted molar refractivity (Wildman–Crippen MR) is 115 cm³/mol. The number of anilines is 3. The molecule has 1 aromatic heterocycles. The maximum Gasteiger partial charge on any atom is 0.227 e. The molecule has 3 aromatic rings. The van der Waals surface area contributed by atoms with Gasteiger partial charge in [0.15, 0.2) is 0 Å². The number of halogens is 1. The molecule has 1 heterocycles. The first-order valence-corrected chi connectivity index (χ1v) is 9.46. The molecule has 0 aliphatic carbocycles. The van der Waals surface area contributed by atoms with Crippen LogP contribution in [0.5, 0.6) is 0 Å². The van der Waals surface area contributed by atoms with Crippen LogP contribution >= 0.6 is 11.6 Å². The number of hydrogen-bond acceptors (Lipinski definition) is 5. The van der Waals surface area contributed by atoms with Gasteiger partial charge in [0.05, 0.1) is 6.61 Å². The Morgan fingerprint density at radius 1 is 1.10 bits per heavy atom. The van der Waals surface area contributed by atoms with Crippen LogP contribution in [0.25, 0.3) is 10.8 Å². The Labute approximate surface area is 173 Å². The molecule has 0 aliphatic rings. The Hall–Kier alpha value is -3.16. The van der Waals surface area contributed by atoms with Crippen LogP contribution < -0.4 is 16.0 Å². The zero-order valence-electron chi connectivity index (χ0n) is 15.6. The first kappa shape index (κ1) is 20.6. The first-order valence-electron chi connectivity index (χ1n) is 9.09. The monoisotopic (exact) mass is 412 g/mol. The molecule has 0 saturated heterocycles. The minimum Gasteiger partial charge on any atom is -0.395 e. The molecular weight excluding hydrogens is 392 g/mol. The maximum atomic E-state index is 12.6. The third kappa shape index (κ3) is 5.22. The third-order valence-corrected chi connectivity index (χ3v) is 4.66. The van der Waals surface area contributed by atoms with E-state index in [1.807, 2.05) is 6.07 Å². The molecule has 0 radical (unpaired) electrons. The molecular formula is C21H21ClN4O3. The number of pyridine rings is 1. The fourth-order valence-corrected chi connectivity index (χ4v) is 3.10. The number of fused-ring (bicyclic) bond motifs is 1. The van der Waals surface area contributed by atoms with Crippen molar-refractivity contribution in [1.29, 1.82) is 0 Å². The number of carbonyl (C=O) groups is 2. The number of rotatable bonds is 7. The lowest BCUT2D eigenvalue weighted by molar-refractivity contribution is -0.122. The van der Waals surface area contributed by atoms with Crippen LogP contribution in [-0.4, -0.2) is 35.1 Å². The van der Waals surface area contributed by atoms with E-state index in [0.29, 0.717) is 22.2 Å². The van der Waals surface area contributed by atoms with Crippen molar-refractivity contribution in [3.05, 3.63) is 59.8 Å². The SMILES string of the molecule is Nc1nccc2cc(NC(=O)CCC(=O)N(CCO)c3ccc(Cl)cc3)ccc12. The van der Waals surface area contributed by atoms with E-state index < -0.39 is 0 Å². The fourth-order valence-electron chi connectivity index (χ4n) is 2.98. The Morgan fingerprint density at radius 3 is 2.59 bits per heavy atom. The fraction of sp³-hybridized carbons (Fsp3) is 0.190. The lowest BCUT2D eigenvalue weighted by Gasteiger charge is -2.22. The van der Waals surface area contributed by atoms with Crippen molar-refractivity contribution in [2.75, 3.05) is 29.1 Å².